The van der Waals surface area contributed by atoms with E-state index in [4.69, 9.17) is 0 Å². The molecule has 34 heavy (non-hydrogen) atoms. The molecule has 0 unspecified atom stereocenters. The molecule has 2 aromatic rings. The van der Waals surface area contributed by atoms with Gasteiger partial charge in [-0.1, -0.05) is 26.0 Å². The van der Waals surface area contributed by atoms with E-state index in [1.54, 1.807) is 0 Å². The number of rotatable bonds is 7. The van der Waals surface area contributed by atoms with E-state index in [-0.39, 0.29) is 29.1 Å². The van der Waals surface area contributed by atoms with Crippen LogP contribution in [0.4, 0.5) is 24.9 Å². The van der Waals surface area contributed by atoms with E-state index in [1.165, 1.54) is 18.3 Å². The van der Waals surface area contributed by atoms with Crippen LogP contribution >= 0.6 is 0 Å². The van der Waals surface area contributed by atoms with Crippen molar-refractivity contribution in [1.82, 2.24) is 9.97 Å². The Bertz CT molecular complexity index is 1160. The number of aliphatic hydroxyl groups is 1. The number of anilines is 2. The molecule has 1 fully saturated rings. The Labute approximate surface area is 196 Å². The molecule has 0 saturated heterocycles. The van der Waals surface area contributed by atoms with Crippen LogP contribution in [0.5, 0.6) is 0 Å². The summed E-state index contributed by atoms with van der Waals surface area (Å²) >= 11 is 0. The molecule has 8 nitrogen and oxygen atoms in total. The second-order valence-electron chi connectivity index (χ2n) is 8.96. The molecule has 3 rings (SSSR count). The number of benzene rings is 1. The fraction of sp³-hybridized carbons (Fsp3) is 0.500. The van der Waals surface area contributed by atoms with Crippen molar-refractivity contribution in [2.75, 3.05) is 17.2 Å². The van der Waals surface area contributed by atoms with Gasteiger partial charge in [0.05, 0.1) is 17.2 Å². The lowest BCUT2D eigenvalue weighted by Crippen LogP contribution is -2.41. The lowest BCUT2D eigenvalue weighted by atomic mass is 9.73. The van der Waals surface area contributed by atoms with Gasteiger partial charge in [0, 0.05) is 12.6 Å². The zero-order chi connectivity index (χ0) is 25.1. The predicted octanol–water partition coefficient (Wildman–Crippen LogP) is 3.65. The van der Waals surface area contributed by atoms with Gasteiger partial charge < -0.3 is 15.7 Å². The molecule has 2 atom stereocenters. The van der Waals surface area contributed by atoms with Gasteiger partial charge >= 0.3 is 5.51 Å². The van der Waals surface area contributed by atoms with Crippen molar-refractivity contribution in [3.63, 3.8) is 0 Å². The molecule has 1 aromatic carbocycles. The summed E-state index contributed by atoms with van der Waals surface area (Å²) in [4.78, 5) is 7.70. The average molecular weight is 498 g/mol. The third kappa shape index (κ3) is 5.77. The number of halogens is 3. The highest BCUT2D eigenvalue weighted by Crippen LogP contribution is 2.37. The number of nitrogens with one attached hydrogen (secondary N) is 2. The van der Waals surface area contributed by atoms with Crippen LogP contribution in [-0.2, 0) is 16.3 Å². The number of alkyl halides is 3. The summed E-state index contributed by atoms with van der Waals surface area (Å²) in [5.41, 5.74) is -4.69. The number of nitriles is 1. The van der Waals surface area contributed by atoms with Crippen LogP contribution in [0.15, 0.2) is 35.4 Å². The highest BCUT2D eigenvalue weighted by atomic mass is 32.2. The zero-order valence-electron chi connectivity index (χ0n) is 18.7. The first-order valence-electron chi connectivity index (χ1n) is 10.7. The first-order chi connectivity index (χ1) is 15.8. The summed E-state index contributed by atoms with van der Waals surface area (Å²) in [7, 11) is -5.37. The fourth-order valence-electron chi connectivity index (χ4n) is 3.89. The van der Waals surface area contributed by atoms with Crippen LogP contribution in [0, 0.1) is 16.7 Å². The van der Waals surface area contributed by atoms with Gasteiger partial charge in [0.2, 0.25) is 5.95 Å². The van der Waals surface area contributed by atoms with E-state index < -0.39 is 20.2 Å². The predicted molar refractivity (Wildman–Crippen MR) is 120 cm³/mol. The van der Waals surface area contributed by atoms with Crippen LogP contribution in [0.2, 0.25) is 0 Å². The summed E-state index contributed by atoms with van der Waals surface area (Å²) in [6.07, 6.45) is 3.50. The van der Waals surface area contributed by atoms with E-state index in [2.05, 4.69) is 26.7 Å². The summed E-state index contributed by atoms with van der Waals surface area (Å²) < 4.78 is 60.8. The highest BCUT2D eigenvalue weighted by Gasteiger charge is 2.46. The second kappa shape index (κ2) is 9.76. The number of sulfone groups is 1. The van der Waals surface area contributed by atoms with Gasteiger partial charge in [-0.15, -0.1) is 0 Å². The minimum Gasteiger partial charge on any atom is -0.393 e. The zero-order valence-corrected chi connectivity index (χ0v) is 19.5. The van der Waals surface area contributed by atoms with Crippen molar-refractivity contribution in [2.24, 2.45) is 5.41 Å². The van der Waals surface area contributed by atoms with Crippen molar-refractivity contribution in [3.05, 3.63) is 41.6 Å². The molecule has 184 valence electrons. The topological polar surface area (TPSA) is 128 Å². The molecule has 1 aromatic heterocycles. The van der Waals surface area contributed by atoms with Crippen molar-refractivity contribution in [2.45, 2.75) is 62.1 Å². The van der Waals surface area contributed by atoms with Crippen molar-refractivity contribution >= 4 is 21.6 Å². The van der Waals surface area contributed by atoms with Gasteiger partial charge in [0.25, 0.3) is 9.84 Å². The SMILES string of the molecule is CC1(C)C[C@@H](Nc2nc(NCCc3ccc(S(=O)(=O)C(F)(F)F)cc3)ncc2C#N)CC[C@H]1O. The smallest absolute Gasteiger partial charge is 0.393 e. The first kappa shape index (κ1) is 25.7. The molecule has 1 saturated carbocycles. The number of aliphatic hydroxyl groups excluding tert-OH is 1. The summed E-state index contributed by atoms with van der Waals surface area (Å²) in [5, 5.41) is 25.8. The van der Waals surface area contributed by atoms with E-state index in [0.29, 0.717) is 37.2 Å². The summed E-state index contributed by atoms with van der Waals surface area (Å²) in [5.74, 6) is 0.659. The molecule has 0 amide bonds. The maximum atomic E-state index is 12.7. The summed E-state index contributed by atoms with van der Waals surface area (Å²) in [6, 6.07) is 6.61. The number of aromatic nitrogens is 2. The Balaban J connectivity index is 1.62. The van der Waals surface area contributed by atoms with E-state index in [0.717, 1.165) is 18.6 Å². The lowest BCUT2D eigenvalue weighted by molar-refractivity contribution is -0.0436. The van der Waals surface area contributed by atoms with E-state index in [1.807, 2.05) is 13.8 Å². The monoisotopic (exact) mass is 497 g/mol. The van der Waals surface area contributed by atoms with E-state index >= 15 is 0 Å². The molecular weight excluding hydrogens is 471 g/mol. The Morgan fingerprint density at radius 3 is 2.50 bits per heavy atom. The minimum atomic E-state index is -5.37. The Kier molecular flexibility index (Phi) is 7.38. The standard InChI is InChI=1S/C22H26F3N5O3S/c1-21(2)11-16(5-8-18(21)31)29-19-15(12-26)13-28-20(30-19)27-10-9-14-3-6-17(7-4-14)34(32,33)22(23,24)25/h3-4,6-7,13,16,18,31H,5,8-11H2,1-2H3,(H2,27,28,29,30)/t16-,18+/m0/s1. The maximum Gasteiger partial charge on any atom is 0.501 e. The van der Waals surface area contributed by atoms with Gasteiger partial charge in [-0.2, -0.15) is 23.4 Å². The second-order valence-corrected chi connectivity index (χ2v) is 10.9. The molecule has 12 heteroatoms. The average Bonchev–Trinajstić information content (AvgIpc) is 2.76. The van der Waals surface area contributed by atoms with Crippen LogP contribution in [-0.4, -0.2) is 47.7 Å². The number of hydrogen-bond donors (Lipinski definition) is 3. The first-order valence-corrected chi connectivity index (χ1v) is 12.2. The molecule has 0 bridgehead atoms. The number of hydrogen-bond acceptors (Lipinski definition) is 8. The van der Waals surface area contributed by atoms with Crippen molar-refractivity contribution in [3.8, 4) is 6.07 Å². The van der Waals surface area contributed by atoms with Crippen LogP contribution in [0.1, 0.15) is 44.2 Å². The van der Waals surface area contributed by atoms with Gasteiger partial charge in [-0.25, -0.2) is 13.4 Å². The Hall–Kier alpha value is -2.91. The molecule has 1 aliphatic rings. The third-order valence-corrected chi connectivity index (χ3v) is 7.45. The molecular formula is C22H26F3N5O3S. The van der Waals surface area contributed by atoms with Crippen molar-refractivity contribution in [1.29, 1.82) is 5.26 Å². The van der Waals surface area contributed by atoms with Crippen LogP contribution in [0.25, 0.3) is 0 Å². The molecule has 3 N–H and O–H groups in total. The Morgan fingerprint density at radius 2 is 1.91 bits per heavy atom. The molecule has 0 spiro atoms. The Morgan fingerprint density at radius 1 is 1.24 bits per heavy atom. The van der Waals surface area contributed by atoms with Gasteiger partial charge in [0.1, 0.15) is 17.5 Å². The normalized spacial score (nSPS) is 20.4. The molecule has 1 heterocycles. The quantitative estimate of drug-likeness (QED) is 0.529. The molecule has 0 aliphatic heterocycles. The third-order valence-electron chi connectivity index (χ3n) is 5.95. The number of nitrogens with zero attached hydrogens (tertiary/aromatic N) is 3. The van der Waals surface area contributed by atoms with Crippen molar-refractivity contribution < 1.29 is 26.7 Å². The fourth-order valence-corrected chi connectivity index (χ4v) is 4.65. The molecule has 0 radical (unpaired) electrons. The van der Waals surface area contributed by atoms with Gasteiger partial charge in [-0.3, -0.25) is 0 Å². The van der Waals surface area contributed by atoms with Gasteiger partial charge in [-0.05, 0) is 48.8 Å². The van der Waals surface area contributed by atoms with E-state index in [9.17, 15) is 32.0 Å². The van der Waals surface area contributed by atoms with Crippen LogP contribution < -0.4 is 10.6 Å². The van der Waals surface area contributed by atoms with Gasteiger partial charge in [0.15, 0.2) is 0 Å². The maximum absolute atomic E-state index is 12.7. The largest absolute Gasteiger partial charge is 0.501 e. The highest BCUT2D eigenvalue weighted by molar-refractivity contribution is 7.92. The molecule has 1 aliphatic carbocycles. The summed E-state index contributed by atoms with van der Waals surface area (Å²) in [6.45, 7) is 4.32. The lowest BCUT2D eigenvalue weighted by Gasteiger charge is -2.40. The minimum absolute atomic E-state index is 0.0414. The van der Waals surface area contributed by atoms with Crippen LogP contribution in [0.3, 0.4) is 0 Å².